The number of ether oxygens (including phenoxy) is 1. The molecule has 96 valence electrons. The number of hydrogen-bond donors (Lipinski definition) is 2. The first-order chi connectivity index (χ1) is 8.17. The molecule has 0 unspecified atom stereocenters. The Bertz CT molecular complexity index is 309. The van der Waals surface area contributed by atoms with Crippen molar-refractivity contribution < 1.29 is 9.84 Å². The quantitative estimate of drug-likeness (QED) is 0.764. The van der Waals surface area contributed by atoms with Crippen molar-refractivity contribution in [1.29, 1.82) is 0 Å². The predicted molar refractivity (Wildman–Crippen MR) is 70.2 cm³/mol. The van der Waals surface area contributed by atoms with Crippen LogP contribution >= 0.6 is 0 Å². The molecule has 0 saturated heterocycles. The average molecular weight is 237 g/mol. The van der Waals surface area contributed by atoms with E-state index < -0.39 is 0 Å². The molecule has 0 heterocycles. The van der Waals surface area contributed by atoms with Crippen LogP contribution in [0.4, 0.5) is 0 Å². The van der Waals surface area contributed by atoms with Crippen molar-refractivity contribution in [2.24, 2.45) is 5.92 Å². The van der Waals surface area contributed by atoms with E-state index >= 15 is 0 Å². The van der Waals surface area contributed by atoms with Gasteiger partial charge in [-0.2, -0.15) is 0 Å². The highest BCUT2D eigenvalue weighted by molar-refractivity contribution is 5.27. The van der Waals surface area contributed by atoms with Gasteiger partial charge in [-0.1, -0.05) is 26.0 Å². The molecule has 0 aromatic heterocycles. The van der Waals surface area contributed by atoms with Gasteiger partial charge in [0.2, 0.25) is 0 Å². The molecule has 1 aromatic rings. The summed E-state index contributed by atoms with van der Waals surface area (Å²) >= 11 is 0. The number of aliphatic hydroxyl groups is 1. The van der Waals surface area contributed by atoms with Crippen LogP contribution in [0.5, 0.6) is 5.75 Å². The Morgan fingerprint density at radius 3 is 2.35 bits per heavy atom. The summed E-state index contributed by atoms with van der Waals surface area (Å²) in [6.07, 6.45) is 0. The summed E-state index contributed by atoms with van der Waals surface area (Å²) in [5.41, 5.74) is 1.20. The zero-order chi connectivity index (χ0) is 12.7. The number of nitrogens with one attached hydrogen (secondary N) is 1. The molecular weight excluding hydrogens is 214 g/mol. The summed E-state index contributed by atoms with van der Waals surface area (Å²) in [6.45, 7) is 7.82. The number of aliphatic hydroxyl groups excluding tert-OH is 1. The van der Waals surface area contributed by atoms with Crippen molar-refractivity contribution >= 4 is 0 Å². The van der Waals surface area contributed by atoms with Crippen LogP contribution in [0.3, 0.4) is 0 Å². The normalized spacial score (nSPS) is 12.8. The maximum atomic E-state index is 9.21. The molecule has 0 aliphatic carbocycles. The van der Waals surface area contributed by atoms with Crippen molar-refractivity contribution in [3.63, 3.8) is 0 Å². The lowest BCUT2D eigenvalue weighted by molar-refractivity contribution is 0.210. The minimum Gasteiger partial charge on any atom is -0.494 e. The number of benzene rings is 1. The summed E-state index contributed by atoms with van der Waals surface area (Å²) in [5.74, 6) is 1.33. The van der Waals surface area contributed by atoms with Gasteiger partial charge in [0.25, 0.3) is 0 Å². The summed E-state index contributed by atoms with van der Waals surface area (Å²) in [7, 11) is 0. The molecule has 0 spiro atoms. The summed E-state index contributed by atoms with van der Waals surface area (Å²) in [4.78, 5) is 0. The van der Waals surface area contributed by atoms with Gasteiger partial charge >= 0.3 is 0 Å². The number of hydrogen-bond acceptors (Lipinski definition) is 3. The van der Waals surface area contributed by atoms with E-state index in [9.17, 15) is 5.11 Å². The van der Waals surface area contributed by atoms with E-state index in [-0.39, 0.29) is 12.6 Å². The van der Waals surface area contributed by atoms with Crippen molar-refractivity contribution in [3.05, 3.63) is 29.8 Å². The first-order valence-corrected chi connectivity index (χ1v) is 6.23. The molecular formula is C14H23NO2. The molecule has 0 amide bonds. The van der Waals surface area contributed by atoms with E-state index in [1.807, 2.05) is 31.2 Å². The minimum absolute atomic E-state index is 0.154. The monoisotopic (exact) mass is 237 g/mol. The molecule has 1 aromatic carbocycles. The molecule has 0 bridgehead atoms. The highest BCUT2D eigenvalue weighted by atomic mass is 16.5. The molecule has 1 atom stereocenters. The van der Waals surface area contributed by atoms with Crippen LogP contribution in [0.15, 0.2) is 24.3 Å². The Kier molecular flexibility index (Phi) is 6.01. The zero-order valence-electron chi connectivity index (χ0n) is 10.9. The smallest absolute Gasteiger partial charge is 0.119 e. The number of rotatable bonds is 7. The maximum Gasteiger partial charge on any atom is 0.119 e. The summed E-state index contributed by atoms with van der Waals surface area (Å²) < 4.78 is 5.39. The largest absolute Gasteiger partial charge is 0.494 e. The van der Waals surface area contributed by atoms with Gasteiger partial charge in [0.05, 0.1) is 13.2 Å². The van der Waals surface area contributed by atoms with E-state index in [0.29, 0.717) is 12.5 Å². The topological polar surface area (TPSA) is 41.5 Å². The Labute approximate surface area is 104 Å². The second-order valence-electron chi connectivity index (χ2n) is 4.49. The highest BCUT2D eigenvalue weighted by Crippen LogP contribution is 2.12. The average Bonchev–Trinajstić information content (AvgIpc) is 2.32. The van der Waals surface area contributed by atoms with Crippen LogP contribution in [0, 0.1) is 5.92 Å². The fourth-order valence-electron chi connectivity index (χ4n) is 1.63. The third-order valence-corrected chi connectivity index (χ3v) is 2.80. The van der Waals surface area contributed by atoms with Crippen LogP contribution < -0.4 is 10.1 Å². The van der Waals surface area contributed by atoms with E-state index in [4.69, 9.17) is 4.74 Å². The SMILES string of the molecule is CCOc1ccc(CN[C@H](CO)C(C)C)cc1. The minimum atomic E-state index is 0.154. The molecule has 1 rings (SSSR count). The Morgan fingerprint density at radius 1 is 1.24 bits per heavy atom. The summed E-state index contributed by atoms with van der Waals surface area (Å²) in [6, 6.07) is 8.20. The highest BCUT2D eigenvalue weighted by Gasteiger charge is 2.10. The fraction of sp³-hybridized carbons (Fsp3) is 0.571. The molecule has 0 saturated carbocycles. The van der Waals surface area contributed by atoms with Gasteiger partial charge < -0.3 is 15.2 Å². The van der Waals surface area contributed by atoms with Gasteiger partial charge in [-0.15, -0.1) is 0 Å². The van der Waals surface area contributed by atoms with Gasteiger partial charge in [0.15, 0.2) is 0 Å². The first kappa shape index (κ1) is 14.0. The van der Waals surface area contributed by atoms with Crippen LogP contribution in [-0.4, -0.2) is 24.4 Å². The second kappa shape index (κ2) is 7.30. The van der Waals surface area contributed by atoms with E-state index in [1.54, 1.807) is 0 Å². The predicted octanol–water partition coefficient (Wildman–Crippen LogP) is 2.19. The third-order valence-electron chi connectivity index (χ3n) is 2.80. The Morgan fingerprint density at radius 2 is 1.88 bits per heavy atom. The molecule has 3 heteroatoms. The zero-order valence-corrected chi connectivity index (χ0v) is 10.9. The standard InChI is InChI=1S/C14H23NO2/c1-4-17-13-7-5-12(6-8-13)9-15-14(10-16)11(2)3/h5-8,11,14-16H,4,9-10H2,1-3H3/t14-/m1/s1. The van der Waals surface area contributed by atoms with Gasteiger partial charge in [-0.05, 0) is 30.5 Å². The maximum absolute atomic E-state index is 9.21. The molecule has 17 heavy (non-hydrogen) atoms. The summed E-state index contributed by atoms with van der Waals surface area (Å²) in [5, 5.41) is 12.6. The van der Waals surface area contributed by atoms with E-state index in [0.717, 1.165) is 12.3 Å². The first-order valence-electron chi connectivity index (χ1n) is 6.23. The molecule has 0 radical (unpaired) electrons. The molecule has 0 fully saturated rings. The van der Waals surface area contributed by atoms with Crippen LogP contribution in [0.25, 0.3) is 0 Å². The van der Waals surface area contributed by atoms with Crippen molar-refractivity contribution in [3.8, 4) is 5.75 Å². The Hall–Kier alpha value is -1.06. The molecule has 0 aliphatic rings. The second-order valence-corrected chi connectivity index (χ2v) is 4.49. The van der Waals surface area contributed by atoms with Gasteiger partial charge in [-0.25, -0.2) is 0 Å². The fourth-order valence-corrected chi connectivity index (χ4v) is 1.63. The van der Waals surface area contributed by atoms with Crippen LogP contribution in [0.1, 0.15) is 26.3 Å². The van der Waals surface area contributed by atoms with Gasteiger partial charge in [0.1, 0.15) is 5.75 Å². The van der Waals surface area contributed by atoms with Crippen molar-refractivity contribution in [1.82, 2.24) is 5.32 Å². The van der Waals surface area contributed by atoms with E-state index in [1.165, 1.54) is 5.56 Å². The third kappa shape index (κ3) is 4.75. The molecule has 2 N–H and O–H groups in total. The lowest BCUT2D eigenvalue weighted by atomic mass is 10.1. The van der Waals surface area contributed by atoms with Crippen molar-refractivity contribution in [2.45, 2.75) is 33.4 Å². The van der Waals surface area contributed by atoms with Crippen molar-refractivity contribution in [2.75, 3.05) is 13.2 Å². The van der Waals surface area contributed by atoms with E-state index in [2.05, 4.69) is 19.2 Å². The lowest BCUT2D eigenvalue weighted by Gasteiger charge is -2.20. The van der Waals surface area contributed by atoms with Gasteiger partial charge in [0, 0.05) is 12.6 Å². The molecule has 3 nitrogen and oxygen atoms in total. The van der Waals surface area contributed by atoms with Crippen LogP contribution in [0.2, 0.25) is 0 Å². The Balaban J connectivity index is 2.46. The van der Waals surface area contributed by atoms with Crippen LogP contribution in [-0.2, 0) is 6.54 Å². The lowest BCUT2D eigenvalue weighted by Crippen LogP contribution is -2.36. The molecule has 0 aliphatic heterocycles. The van der Waals surface area contributed by atoms with Gasteiger partial charge in [-0.3, -0.25) is 0 Å².